The van der Waals surface area contributed by atoms with Crippen molar-refractivity contribution in [2.24, 2.45) is 0 Å². The average Bonchev–Trinajstić information content (AvgIpc) is 2.88. The maximum Gasteiger partial charge on any atom is 0.241 e. The van der Waals surface area contributed by atoms with E-state index in [-0.39, 0.29) is 11.9 Å². The zero-order valence-corrected chi connectivity index (χ0v) is 12.1. The van der Waals surface area contributed by atoms with Gasteiger partial charge in [0, 0.05) is 29.3 Å². The maximum absolute atomic E-state index is 12.5. The number of rotatable bonds is 2. The number of hydrogen-bond donors (Lipinski definition) is 3. The molecule has 2 heterocycles. The molecule has 0 bridgehead atoms. The highest BCUT2D eigenvalue weighted by atomic mass is 16.2. The van der Waals surface area contributed by atoms with E-state index in [1.807, 2.05) is 42.6 Å². The van der Waals surface area contributed by atoms with Crippen molar-refractivity contribution in [3.8, 4) is 0 Å². The van der Waals surface area contributed by atoms with Crippen molar-refractivity contribution in [2.45, 2.75) is 19.0 Å². The number of aromatic nitrogens is 1. The van der Waals surface area contributed by atoms with Gasteiger partial charge in [-0.2, -0.15) is 0 Å². The Kier molecular flexibility index (Phi) is 3.16. The van der Waals surface area contributed by atoms with Crippen LogP contribution in [0.5, 0.6) is 0 Å². The molecule has 3 N–H and O–H groups in total. The number of nitrogens with one attached hydrogen (secondary N) is 3. The normalized spacial score (nSPS) is 17.8. The molecule has 3 aromatic rings. The van der Waals surface area contributed by atoms with Crippen LogP contribution in [-0.2, 0) is 17.8 Å². The molecule has 1 aliphatic rings. The highest BCUT2D eigenvalue weighted by Gasteiger charge is 2.23. The number of para-hydroxylation sites is 2. The number of hydrogen-bond acceptors (Lipinski definition) is 2. The number of carbonyl (C=O) groups is 1. The molecule has 0 unspecified atom stereocenters. The van der Waals surface area contributed by atoms with Crippen LogP contribution >= 0.6 is 0 Å². The fourth-order valence-corrected chi connectivity index (χ4v) is 3.03. The van der Waals surface area contributed by atoms with Crippen molar-refractivity contribution >= 4 is 22.5 Å². The molecule has 22 heavy (non-hydrogen) atoms. The smallest absolute Gasteiger partial charge is 0.241 e. The Morgan fingerprint density at radius 1 is 1.05 bits per heavy atom. The lowest BCUT2D eigenvalue weighted by Crippen LogP contribution is -2.39. The van der Waals surface area contributed by atoms with E-state index in [2.05, 4.69) is 27.8 Å². The van der Waals surface area contributed by atoms with E-state index in [4.69, 9.17) is 0 Å². The van der Waals surface area contributed by atoms with E-state index in [1.54, 1.807) is 0 Å². The van der Waals surface area contributed by atoms with Gasteiger partial charge in [0.1, 0.15) is 0 Å². The summed E-state index contributed by atoms with van der Waals surface area (Å²) in [6.07, 6.45) is 2.67. The SMILES string of the molecule is O=C1Nc2ccccc2CN[C@@H]1Cc1c[nH]c2ccccc12. The van der Waals surface area contributed by atoms with Crippen LogP contribution in [0.1, 0.15) is 11.1 Å². The zero-order chi connectivity index (χ0) is 14.9. The first-order valence-electron chi connectivity index (χ1n) is 7.48. The van der Waals surface area contributed by atoms with E-state index in [0.717, 1.165) is 22.3 Å². The Morgan fingerprint density at radius 2 is 1.86 bits per heavy atom. The lowest BCUT2D eigenvalue weighted by atomic mass is 10.0. The molecule has 0 aliphatic carbocycles. The lowest BCUT2D eigenvalue weighted by Gasteiger charge is -2.14. The highest BCUT2D eigenvalue weighted by Crippen LogP contribution is 2.22. The Hall–Kier alpha value is -2.59. The number of benzene rings is 2. The number of amides is 1. The summed E-state index contributed by atoms with van der Waals surface area (Å²) < 4.78 is 0. The predicted octanol–water partition coefficient (Wildman–Crippen LogP) is 2.82. The second kappa shape index (κ2) is 5.31. The topological polar surface area (TPSA) is 56.9 Å². The van der Waals surface area contributed by atoms with Gasteiger partial charge in [0.2, 0.25) is 5.91 Å². The molecular formula is C18H17N3O. The molecular weight excluding hydrogens is 274 g/mol. The van der Waals surface area contributed by atoms with Crippen LogP contribution in [0.4, 0.5) is 5.69 Å². The van der Waals surface area contributed by atoms with Gasteiger partial charge in [-0.1, -0.05) is 36.4 Å². The molecule has 1 aliphatic heterocycles. The van der Waals surface area contributed by atoms with Gasteiger partial charge < -0.3 is 15.6 Å². The van der Waals surface area contributed by atoms with Crippen molar-refractivity contribution < 1.29 is 4.79 Å². The largest absolute Gasteiger partial charge is 0.361 e. The first-order valence-corrected chi connectivity index (χ1v) is 7.48. The summed E-state index contributed by atoms with van der Waals surface area (Å²) in [4.78, 5) is 15.7. The van der Waals surface area contributed by atoms with Gasteiger partial charge in [-0.15, -0.1) is 0 Å². The quantitative estimate of drug-likeness (QED) is 0.680. The molecule has 0 radical (unpaired) electrons. The third-order valence-electron chi connectivity index (χ3n) is 4.23. The highest BCUT2D eigenvalue weighted by molar-refractivity contribution is 5.97. The van der Waals surface area contributed by atoms with E-state index < -0.39 is 0 Å². The summed E-state index contributed by atoms with van der Waals surface area (Å²) in [7, 11) is 0. The Morgan fingerprint density at radius 3 is 2.82 bits per heavy atom. The second-order valence-corrected chi connectivity index (χ2v) is 5.64. The number of aromatic amines is 1. The fraction of sp³-hybridized carbons (Fsp3) is 0.167. The van der Waals surface area contributed by atoms with E-state index in [1.165, 1.54) is 5.39 Å². The molecule has 1 atom stereocenters. The number of carbonyl (C=O) groups excluding carboxylic acids is 1. The molecule has 4 heteroatoms. The maximum atomic E-state index is 12.5. The monoisotopic (exact) mass is 291 g/mol. The fourth-order valence-electron chi connectivity index (χ4n) is 3.03. The minimum absolute atomic E-state index is 0.0234. The molecule has 1 amide bonds. The number of anilines is 1. The summed E-state index contributed by atoms with van der Waals surface area (Å²) in [5.74, 6) is 0.0234. The van der Waals surface area contributed by atoms with Crippen LogP contribution in [-0.4, -0.2) is 16.9 Å². The average molecular weight is 291 g/mol. The minimum Gasteiger partial charge on any atom is -0.361 e. The van der Waals surface area contributed by atoms with Crippen molar-refractivity contribution in [3.63, 3.8) is 0 Å². The van der Waals surface area contributed by atoms with Crippen molar-refractivity contribution in [1.82, 2.24) is 10.3 Å². The van der Waals surface area contributed by atoms with Gasteiger partial charge in [0.05, 0.1) is 6.04 Å². The van der Waals surface area contributed by atoms with Gasteiger partial charge in [-0.25, -0.2) is 0 Å². The lowest BCUT2D eigenvalue weighted by molar-refractivity contribution is -0.118. The zero-order valence-electron chi connectivity index (χ0n) is 12.1. The Bertz CT molecular complexity index is 837. The standard InChI is InChI=1S/C18H17N3O/c22-18-17(20-10-12-5-1-3-7-15(12)21-18)9-13-11-19-16-8-4-2-6-14(13)16/h1-8,11,17,19-20H,9-10H2,(H,21,22)/t17-/m1/s1. The summed E-state index contributed by atoms with van der Waals surface area (Å²) in [5.41, 5.74) is 4.29. The van der Waals surface area contributed by atoms with Gasteiger partial charge >= 0.3 is 0 Å². The first-order chi connectivity index (χ1) is 10.8. The van der Waals surface area contributed by atoms with Crippen LogP contribution in [0.2, 0.25) is 0 Å². The van der Waals surface area contributed by atoms with Gasteiger partial charge in [-0.05, 0) is 29.7 Å². The van der Waals surface area contributed by atoms with Crippen LogP contribution in [0.3, 0.4) is 0 Å². The molecule has 2 aromatic carbocycles. The van der Waals surface area contributed by atoms with Crippen LogP contribution in [0.15, 0.2) is 54.7 Å². The molecule has 0 fully saturated rings. The van der Waals surface area contributed by atoms with E-state index >= 15 is 0 Å². The molecule has 0 saturated carbocycles. The Balaban J connectivity index is 1.60. The third kappa shape index (κ3) is 2.27. The molecule has 0 spiro atoms. The van der Waals surface area contributed by atoms with Gasteiger partial charge in [-0.3, -0.25) is 4.79 Å². The summed E-state index contributed by atoms with van der Waals surface area (Å²) in [6, 6.07) is 15.9. The first kappa shape index (κ1) is 13.1. The number of fused-ring (bicyclic) bond motifs is 2. The van der Waals surface area contributed by atoms with E-state index in [9.17, 15) is 4.79 Å². The van der Waals surface area contributed by atoms with Crippen molar-refractivity contribution in [2.75, 3.05) is 5.32 Å². The van der Waals surface area contributed by atoms with Gasteiger partial charge in [0.25, 0.3) is 0 Å². The predicted molar refractivity (Wildman–Crippen MR) is 87.7 cm³/mol. The van der Waals surface area contributed by atoms with Crippen molar-refractivity contribution in [3.05, 3.63) is 65.9 Å². The molecule has 4 nitrogen and oxygen atoms in total. The summed E-state index contributed by atoms with van der Waals surface area (Å²) in [6.45, 7) is 0.696. The van der Waals surface area contributed by atoms with Crippen LogP contribution in [0.25, 0.3) is 10.9 Å². The Labute approximate surface area is 128 Å². The molecule has 0 saturated heterocycles. The van der Waals surface area contributed by atoms with Crippen molar-refractivity contribution in [1.29, 1.82) is 0 Å². The van der Waals surface area contributed by atoms with Crippen LogP contribution < -0.4 is 10.6 Å². The molecule has 110 valence electrons. The minimum atomic E-state index is -0.230. The molecule has 1 aromatic heterocycles. The second-order valence-electron chi connectivity index (χ2n) is 5.64. The van der Waals surface area contributed by atoms with E-state index in [0.29, 0.717) is 13.0 Å². The summed E-state index contributed by atoms with van der Waals surface area (Å²) >= 11 is 0. The number of H-pyrrole nitrogens is 1. The van der Waals surface area contributed by atoms with Crippen LogP contribution in [0, 0.1) is 0 Å². The summed E-state index contributed by atoms with van der Waals surface area (Å²) in [5, 5.41) is 7.57. The molecule has 4 rings (SSSR count). The third-order valence-corrected chi connectivity index (χ3v) is 4.23. The van der Waals surface area contributed by atoms with Gasteiger partial charge in [0.15, 0.2) is 0 Å².